The van der Waals surface area contributed by atoms with Crippen LogP contribution < -0.4 is 5.32 Å². The molecular formula is C11H20N2O4S. The highest BCUT2D eigenvalue weighted by Crippen LogP contribution is 2.26. The Morgan fingerprint density at radius 1 is 1.44 bits per heavy atom. The lowest BCUT2D eigenvalue weighted by atomic mass is 9.86. The van der Waals surface area contributed by atoms with Gasteiger partial charge in [-0.2, -0.15) is 0 Å². The predicted octanol–water partition coefficient (Wildman–Crippen LogP) is -0.437. The van der Waals surface area contributed by atoms with Gasteiger partial charge in [0.2, 0.25) is 15.9 Å². The second-order valence-corrected chi connectivity index (χ2v) is 7.02. The van der Waals surface area contributed by atoms with Gasteiger partial charge < -0.3 is 10.1 Å². The molecule has 6 nitrogen and oxygen atoms in total. The molecule has 104 valence electrons. The number of carbonyl (C=O) groups excluding carboxylic acids is 1. The summed E-state index contributed by atoms with van der Waals surface area (Å²) in [4.78, 5) is 11.3. The van der Waals surface area contributed by atoms with Crippen LogP contribution in [0.2, 0.25) is 0 Å². The van der Waals surface area contributed by atoms with Crippen molar-refractivity contribution < 1.29 is 17.9 Å². The van der Waals surface area contributed by atoms with E-state index in [2.05, 4.69) is 5.32 Å². The molecule has 0 spiro atoms. The Balaban J connectivity index is 1.96. The van der Waals surface area contributed by atoms with Crippen molar-refractivity contribution in [1.29, 1.82) is 0 Å². The van der Waals surface area contributed by atoms with Gasteiger partial charge in [0, 0.05) is 32.7 Å². The third-order valence-corrected chi connectivity index (χ3v) is 5.53. The number of hydrogen-bond donors (Lipinski definition) is 1. The van der Waals surface area contributed by atoms with Crippen LogP contribution in [0.15, 0.2) is 0 Å². The molecule has 2 aliphatic heterocycles. The highest BCUT2D eigenvalue weighted by molar-refractivity contribution is 7.89. The third kappa shape index (κ3) is 3.02. The highest BCUT2D eigenvalue weighted by atomic mass is 32.2. The van der Waals surface area contributed by atoms with Gasteiger partial charge in [-0.1, -0.05) is 0 Å². The van der Waals surface area contributed by atoms with Gasteiger partial charge >= 0.3 is 0 Å². The number of ether oxygens (including phenoxy) is 1. The number of rotatable bonds is 4. The van der Waals surface area contributed by atoms with Crippen LogP contribution in [0.3, 0.4) is 0 Å². The minimum Gasteiger partial charge on any atom is -0.384 e. The van der Waals surface area contributed by atoms with Crippen LogP contribution in [0, 0.1) is 5.92 Å². The van der Waals surface area contributed by atoms with Crippen LogP contribution in [-0.2, 0) is 19.6 Å². The maximum Gasteiger partial charge on any atom is 0.220 e. The van der Waals surface area contributed by atoms with E-state index in [1.165, 1.54) is 7.11 Å². The molecule has 0 aliphatic carbocycles. The first kappa shape index (κ1) is 13.8. The topological polar surface area (TPSA) is 75.7 Å². The maximum atomic E-state index is 12.0. The van der Waals surface area contributed by atoms with E-state index in [0.717, 1.165) is 6.42 Å². The van der Waals surface area contributed by atoms with E-state index in [1.807, 2.05) is 0 Å². The van der Waals surface area contributed by atoms with E-state index in [4.69, 9.17) is 4.74 Å². The highest BCUT2D eigenvalue weighted by Gasteiger charge is 2.37. The Labute approximate surface area is 108 Å². The van der Waals surface area contributed by atoms with Gasteiger partial charge in [-0.3, -0.25) is 4.79 Å². The van der Waals surface area contributed by atoms with Crippen molar-refractivity contribution >= 4 is 15.9 Å². The average Bonchev–Trinajstić information content (AvgIpc) is 2.35. The molecule has 2 saturated heterocycles. The van der Waals surface area contributed by atoms with Crippen LogP contribution in [0.1, 0.15) is 19.3 Å². The minimum absolute atomic E-state index is 0.0350. The largest absolute Gasteiger partial charge is 0.384 e. The Bertz CT molecular complexity index is 409. The summed E-state index contributed by atoms with van der Waals surface area (Å²) in [5, 5.41) is 2.95. The summed E-state index contributed by atoms with van der Waals surface area (Å²) < 4.78 is 30.5. The van der Waals surface area contributed by atoms with E-state index in [9.17, 15) is 13.2 Å². The van der Waals surface area contributed by atoms with Crippen molar-refractivity contribution in [1.82, 2.24) is 9.62 Å². The quantitative estimate of drug-likeness (QED) is 0.755. The first-order valence-electron chi connectivity index (χ1n) is 6.29. The standard InChI is InChI=1S/C11H20N2O4S/c1-17-6-7-18(15,16)13-5-4-10-9(8-13)2-3-11(14)12-10/h9-10H,2-8H2,1H3,(H,12,14). The molecular weight excluding hydrogens is 256 g/mol. The minimum atomic E-state index is -3.21. The van der Waals surface area contributed by atoms with Crippen molar-refractivity contribution in [2.45, 2.75) is 25.3 Å². The molecule has 18 heavy (non-hydrogen) atoms. The molecule has 0 radical (unpaired) electrons. The number of fused-ring (bicyclic) bond motifs is 1. The Morgan fingerprint density at radius 3 is 2.94 bits per heavy atom. The van der Waals surface area contributed by atoms with Crippen molar-refractivity contribution in [3.05, 3.63) is 0 Å². The number of sulfonamides is 1. The van der Waals surface area contributed by atoms with Gasteiger partial charge in [0.1, 0.15) is 0 Å². The fourth-order valence-electron chi connectivity index (χ4n) is 2.65. The summed E-state index contributed by atoms with van der Waals surface area (Å²) in [6, 6.07) is 0.153. The number of amides is 1. The number of nitrogens with one attached hydrogen (secondary N) is 1. The van der Waals surface area contributed by atoms with Crippen molar-refractivity contribution in [3.8, 4) is 0 Å². The Kier molecular flexibility index (Phi) is 4.24. The predicted molar refractivity (Wildman–Crippen MR) is 66.5 cm³/mol. The van der Waals surface area contributed by atoms with E-state index in [-0.39, 0.29) is 30.2 Å². The van der Waals surface area contributed by atoms with Gasteiger partial charge in [-0.25, -0.2) is 12.7 Å². The zero-order chi connectivity index (χ0) is 13.2. The lowest BCUT2D eigenvalue weighted by molar-refractivity contribution is -0.124. The molecule has 0 bridgehead atoms. The molecule has 2 atom stereocenters. The number of nitrogens with zero attached hydrogens (tertiary/aromatic N) is 1. The summed E-state index contributed by atoms with van der Waals surface area (Å²) in [5.74, 6) is 0.383. The zero-order valence-electron chi connectivity index (χ0n) is 10.6. The van der Waals surface area contributed by atoms with E-state index < -0.39 is 10.0 Å². The molecule has 2 fully saturated rings. The molecule has 2 aliphatic rings. The smallest absolute Gasteiger partial charge is 0.220 e. The summed E-state index contributed by atoms with van der Waals surface area (Å²) in [6.07, 6.45) is 2.00. The lowest BCUT2D eigenvalue weighted by Gasteiger charge is -2.40. The third-order valence-electron chi connectivity index (χ3n) is 3.72. The molecule has 7 heteroatoms. The van der Waals surface area contributed by atoms with Crippen molar-refractivity contribution in [2.24, 2.45) is 5.92 Å². The molecule has 1 N–H and O–H groups in total. The second kappa shape index (κ2) is 5.54. The maximum absolute atomic E-state index is 12.0. The van der Waals surface area contributed by atoms with Crippen LogP contribution in [0.25, 0.3) is 0 Å². The van der Waals surface area contributed by atoms with Crippen molar-refractivity contribution in [2.75, 3.05) is 32.6 Å². The first-order valence-corrected chi connectivity index (χ1v) is 7.90. The number of piperidine rings is 2. The van der Waals surface area contributed by atoms with Gasteiger partial charge in [0.25, 0.3) is 0 Å². The average molecular weight is 276 g/mol. The molecule has 0 aromatic carbocycles. The molecule has 2 rings (SSSR count). The number of carbonyl (C=O) groups is 1. The van der Waals surface area contributed by atoms with E-state index >= 15 is 0 Å². The normalized spacial score (nSPS) is 29.7. The SMILES string of the molecule is COCCS(=O)(=O)N1CCC2NC(=O)CCC2C1. The van der Waals surface area contributed by atoms with Gasteiger partial charge in [0.05, 0.1) is 12.4 Å². The second-order valence-electron chi connectivity index (χ2n) is 4.93. The summed E-state index contributed by atoms with van der Waals surface area (Å²) >= 11 is 0. The molecule has 0 saturated carbocycles. The summed E-state index contributed by atoms with van der Waals surface area (Å²) in [6.45, 7) is 1.24. The zero-order valence-corrected chi connectivity index (χ0v) is 11.4. The molecule has 0 aromatic rings. The molecule has 1 amide bonds. The molecule has 0 aromatic heterocycles. The van der Waals surface area contributed by atoms with Crippen LogP contribution in [0.5, 0.6) is 0 Å². The summed E-state index contributed by atoms with van der Waals surface area (Å²) in [7, 11) is -1.72. The molecule has 2 heterocycles. The monoisotopic (exact) mass is 276 g/mol. The van der Waals surface area contributed by atoms with Gasteiger partial charge in [-0.15, -0.1) is 0 Å². The Hall–Kier alpha value is -0.660. The summed E-state index contributed by atoms with van der Waals surface area (Å²) in [5.41, 5.74) is 0. The first-order chi connectivity index (χ1) is 8.53. The van der Waals surface area contributed by atoms with E-state index in [1.54, 1.807) is 4.31 Å². The van der Waals surface area contributed by atoms with E-state index in [0.29, 0.717) is 25.9 Å². The van der Waals surface area contributed by atoms with Crippen molar-refractivity contribution in [3.63, 3.8) is 0 Å². The van der Waals surface area contributed by atoms with Crippen LogP contribution in [0.4, 0.5) is 0 Å². The number of hydrogen-bond acceptors (Lipinski definition) is 4. The Morgan fingerprint density at radius 2 is 2.22 bits per heavy atom. The van der Waals surface area contributed by atoms with Gasteiger partial charge in [0.15, 0.2) is 0 Å². The molecule has 2 unspecified atom stereocenters. The van der Waals surface area contributed by atoms with Crippen LogP contribution in [-0.4, -0.2) is 57.2 Å². The van der Waals surface area contributed by atoms with Crippen LogP contribution >= 0.6 is 0 Å². The van der Waals surface area contributed by atoms with Gasteiger partial charge in [-0.05, 0) is 18.8 Å². The lowest BCUT2D eigenvalue weighted by Crippen LogP contribution is -2.55. The fourth-order valence-corrected chi connectivity index (χ4v) is 4.08. The number of methoxy groups -OCH3 is 1. The fraction of sp³-hybridized carbons (Fsp3) is 0.909.